The molecule has 1 aliphatic rings. The van der Waals surface area contributed by atoms with Crippen LogP contribution >= 0.6 is 0 Å². The molecule has 20 heavy (non-hydrogen) atoms. The Morgan fingerprint density at radius 3 is 2.50 bits per heavy atom. The van der Waals surface area contributed by atoms with Crippen molar-refractivity contribution >= 4 is 11.8 Å². The summed E-state index contributed by atoms with van der Waals surface area (Å²) in [6.45, 7) is 4.11. The summed E-state index contributed by atoms with van der Waals surface area (Å²) in [6, 6.07) is 7.16. The fourth-order valence-electron chi connectivity index (χ4n) is 2.75. The average Bonchev–Trinajstić information content (AvgIpc) is 2.45. The summed E-state index contributed by atoms with van der Waals surface area (Å²) in [5.74, 6) is -0.395. The number of hydrogen-bond donors (Lipinski definition) is 1. The molecule has 0 saturated heterocycles. The van der Waals surface area contributed by atoms with Crippen molar-refractivity contribution in [3.63, 3.8) is 0 Å². The number of β-amino-alcohol motifs (C(OH)–C–C–N with tert-alkyl or cyclic N) is 1. The van der Waals surface area contributed by atoms with Crippen molar-refractivity contribution in [2.75, 3.05) is 6.54 Å². The SMILES string of the molecule is CCC(CC)C(O)CN1C(=O)Cc2ccccc2C1=O. The van der Waals surface area contributed by atoms with E-state index in [1.54, 1.807) is 18.2 Å². The van der Waals surface area contributed by atoms with Crippen LogP contribution in [0, 0.1) is 5.92 Å². The number of rotatable bonds is 5. The number of aliphatic hydroxyl groups excluding tert-OH is 1. The van der Waals surface area contributed by atoms with Crippen LogP contribution in [0.1, 0.15) is 42.6 Å². The van der Waals surface area contributed by atoms with Gasteiger partial charge in [0.2, 0.25) is 5.91 Å². The monoisotopic (exact) mass is 275 g/mol. The van der Waals surface area contributed by atoms with Gasteiger partial charge in [-0.05, 0) is 17.5 Å². The highest BCUT2D eigenvalue weighted by atomic mass is 16.3. The van der Waals surface area contributed by atoms with Crippen molar-refractivity contribution in [3.8, 4) is 0 Å². The summed E-state index contributed by atoms with van der Waals surface area (Å²) in [6.07, 6.45) is 1.26. The lowest BCUT2D eigenvalue weighted by molar-refractivity contribution is -0.130. The van der Waals surface area contributed by atoms with E-state index in [-0.39, 0.29) is 30.7 Å². The molecule has 4 heteroatoms. The summed E-state index contributed by atoms with van der Waals surface area (Å²) < 4.78 is 0. The molecule has 0 radical (unpaired) electrons. The van der Waals surface area contributed by atoms with Gasteiger partial charge in [-0.3, -0.25) is 14.5 Å². The van der Waals surface area contributed by atoms with Gasteiger partial charge in [-0.2, -0.15) is 0 Å². The predicted molar refractivity (Wildman–Crippen MR) is 76.3 cm³/mol. The molecule has 1 N–H and O–H groups in total. The highest BCUT2D eigenvalue weighted by molar-refractivity contribution is 6.09. The van der Waals surface area contributed by atoms with E-state index in [2.05, 4.69) is 0 Å². The molecular formula is C16H21NO3. The molecule has 1 aliphatic heterocycles. The standard InChI is InChI=1S/C16H21NO3/c1-3-11(4-2)14(18)10-17-15(19)9-12-7-5-6-8-13(12)16(17)20/h5-8,11,14,18H,3-4,9-10H2,1-2H3. The first-order valence-electron chi connectivity index (χ1n) is 7.19. The maximum Gasteiger partial charge on any atom is 0.260 e. The molecule has 1 aromatic carbocycles. The van der Waals surface area contributed by atoms with Gasteiger partial charge in [0.15, 0.2) is 0 Å². The van der Waals surface area contributed by atoms with Crippen molar-refractivity contribution in [1.82, 2.24) is 4.90 Å². The number of aliphatic hydroxyl groups is 1. The van der Waals surface area contributed by atoms with Crippen molar-refractivity contribution in [2.24, 2.45) is 5.92 Å². The van der Waals surface area contributed by atoms with Gasteiger partial charge in [0, 0.05) is 5.56 Å². The zero-order valence-corrected chi connectivity index (χ0v) is 12.0. The van der Waals surface area contributed by atoms with Gasteiger partial charge in [-0.25, -0.2) is 0 Å². The minimum atomic E-state index is -0.650. The molecule has 0 aliphatic carbocycles. The van der Waals surface area contributed by atoms with Crippen LogP contribution in [0.2, 0.25) is 0 Å². The molecule has 1 atom stereocenters. The van der Waals surface area contributed by atoms with E-state index in [4.69, 9.17) is 0 Å². The summed E-state index contributed by atoms with van der Waals surface area (Å²) in [5, 5.41) is 10.2. The van der Waals surface area contributed by atoms with Crippen LogP contribution < -0.4 is 0 Å². The van der Waals surface area contributed by atoms with E-state index in [0.717, 1.165) is 18.4 Å². The van der Waals surface area contributed by atoms with Crippen LogP contribution in [0.3, 0.4) is 0 Å². The Hall–Kier alpha value is -1.68. The average molecular weight is 275 g/mol. The van der Waals surface area contributed by atoms with Gasteiger partial charge in [-0.1, -0.05) is 44.9 Å². The van der Waals surface area contributed by atoms with Crippen LogP contribution in [0.25, 0.3) is 0 Å². The van der Waals surface area contributed by atoms with Crippen molar-refractivity contribution in [3.05, 3.63) is 35.4 Å². The second kappa shape index (κ2) is 6.18. The Morgan fingerprint density at radius 1 is 1.20 bits per heavy atom. The quantitative estimate of drug-likeness (QED) is 0.836. The number of carbonyl (C=O) groups excluding carboxylic acids is 2. The zero-order chi connectivity index (χ0) is 14.7. The first-order chi connectivity index (χ1) is 9.58. The number of benzene rings is 1. The Morgan fingerprint density at radius 2 is 1.85 bits per heavy atom. The summed E-state index contributed by atoms with van der Waals surface area (Å²) in [5.41, 5.74) is 1.35. The molecule has 2 rings (SSSR count). The van der Waals surface area contributed by atoms with Gasteiger partial charge < -0.3 is 5.11 Å². The molecule has 0 saturated carbocycles. The van der Waals surface area contributed by atoms with E-state index in [1.165, 1.54) is 4.90 Å². The largest absolute Gasteiger partial charge is 0.391 e. The molecule has 0 bridgehead atoms. The highest BCUT2D eigenvalue weighted by Gasteiger charge is 2.33. The number of hydrogen-bond acceptors (Lipinski definition) is 3. The smallest absolute Gasteiger partial charge is 0.260 e. The summed E-state index contributed by atoms with van der Waals surface area (Å²) in [4.78, 5) is 25.7. The number of amides is 2. The molecule has 4 nitrogen and oxygen atoms in total. The Labute approximate surface area is 119 Å². The highest BCUT2D eigenvalue weighted by Crippen LogP contribution is 2.22. The van der Waals surface area contributed by atoms with E-state index in [9.17, 15) is 14.7 Å². The van der Waals surface area contributed by atoms with Gasteiger partial charge >= 0.3 is 0 Å². The third-order valence-corrected chi connectivity index (χ3v) is 4.10. The minimum Gasteiger partial charge on any atom is -0.391 e. The fraction of sp³-hybridized carbons (Fsp3) is 0.500. The Kier molecular flexibility index (Phi) is 4.55. The van der Waals surface area contributed by atoms with Gasteiger partial charge in [0.05, 0.1) is 19.1 Å². The van der Waals surface area contributed by atoms with E-state index in [0.29, 0.717) is 5.56 Å². The molecule has 1 unspecified atom stereocenters. The first-order valence-corrected chi connectivity index (χ1v) is 7.19. The number of fused-ring (bicyclic) bond motifs is 1. The third kappa shape index (κ3) is 2.75. The second-order valence-electron chi connectivity index (χ2n) is 5.29. The van der Waals surface area contributed by atoms with Gasteiger partial charge in [0.25, 0.3) is 5.91 Å². The van der Waals surface area contributed by atoms with Gasteiger partial charge in [-0.15, -0.1) is 0 Å². The number of nitrogens with zero attached hydrogens (tertiary/aromatic N) is 1. The van der Waals surface area contributed by atoms with Gasteiger partial charge in [0.1, 0.15) is 0 Å². The molecule has 108 valence electrons. The minimum absolute atomic E-state index is 0.0956. The van der Waals surface area contributed by atoms with Crippen LogP contribution in [0.4, 0.5) is 0 Å². The zero-order valence-electron chi connectivity index (χ0n) is 12.0. The third-order valence-electron chi connectivity index (χ3n) is 4.10. The molecule has 0 aromatic heterocycles. The van der Waals surface area contributed by atoms with E-state index >= 15 is 0 Å². The maximum absolute atomic E-state index is 12.4. The van der Waals surface area contributed by atoms with Crippen molar-refractivity contribution in [2.45, 2.75) is 39.2 Å². The fourth-order valence-corrected chi connectivity index (χ4v) is 2.75. The lowest BCUT2D eigenvalue weighted by Gasteiger charge is -2.30. The molecular weight excluding hydrogens is 254 g/mol. The predicted octanol–water partition coefficient (Wildman–Crippen LogP) is 2.01. The lowest BCUT2D eigenvalue weighted by atomic mass is 9.94. The lowest BCUT2D eigenvalue weighted by Crippen LogP contribution is -2.47. The number of imide groups is 1. The van der Waals surface area contributed by atoms with E-state index < -0.39 is 6.10 Å². The molecule has 1 heterocycles. The van der Waals surface area contributed by atoms with Crippen molar-refractivity contribution in [1.29, 1.82) is 0 Å². The maximum atomic E-state index is 12.4. The Balaban J connectivity index is 2.17. The first kappa shape index (κ1) is 14.7. The summed E-state index contributed by atoms with van der Waals surface area (Å²) in [7, 11) is 0. The van der Waals surface area contributed by atoms with E-state index in [1.807, 2.05) is 19.9 Å². The normalized spacial score (nSPS) is 16.5. The number of carbonyl (C=O) groups is 2. The van der Waals surface area contributed by atoms with Crippen molar-refractivity contribution < 1.29 is 14.7 Å². The van der Waals surface area contributed by atoms with Crippen LogP contribution in [0.15, 0.2) is 24.3 Å². The molecule has 2 amide bonds. The second-order valence-corrected chi connectivity index (χ2v) is 5.29. The molecule has 0 spiro atoms. The Bertz CT molecular complexity index is 508. The summed E-state index contributed by atoms with van der Waals surface area (Å²) >= 11 is 0. The molecule has 0 fully saturated rings. The van der Waals surface area contributed by atoms with Crippen LogP contribution in [0.5, 0.6) is 0 Å². The topological polar surface area (TPSA) is 57.6 Å². The van der Waals surface area contributed by atoms with Crippen LogP contribution in [-0.4, -0.2) is 34.5 Å². The van der Waals surface area contributed by atoms with Crippen LogP contribution in [-0.2, 0) is 11.2 Å². The molecule has 1 aromatic rings.